The van der Waals surface area contributed by atoms with Crippen LogP contribution >= 0.6 is 11.6 Å². The van der Waals surface area contributed by atoms with Gasteiger partial charge in [-0.05, 0) is 44.1 Å². The SMILES string of the molecule is NCC1(Nc2cccc(Cl)c2)CCNCC1. The van der Waals surface area contributed by atoms with Crippen LogP contribution in [-0.2, 0) is 0 Å². The molecule has 0 radical (unpaired) electrons. The summed E-state index contributed by atoms with van der Waals surface area (Å²) in [6.45, 7) is 2.69. The number of nitrogens with two attached hydrogens (primary N) is 1. The van der Waals surface area contributed by atoms with Crippen LogP contribution in [0.5, 0.6) is 0 Å². The second-order valence-electron chi connectivity index (χ2n) is 4.37. The van der Waals surface area contributed by atoms with Gasteiger partial charge in [0.2, 0.25) is 0 Å². The summed E-state index contributed by atoms with van der Waals surface area (Å²) in [6.07, 6.45) is 2.10. The van der Waals surface area contributed by atoms with E-state index in [9.17, 15) is 0 Å². The van der Waals surface area contributed by atoms with Crippen LogP contribution in [0, 0.1) is 0 Å². The first-order valence-corrected chi connectivity index (χ1v) is 6.06. The molecule has 1 heterocycles. The van der Waals surface area contributed by atoms with Gasteiger partial charge in [-0.3, -0.25) is 0 Å². The molecule has 1 aromatic carbocycles. The summed E-state index contributed by atoms with van der Waals surface area (Å²) >= 11 is 5.97. The van der Waals surface area contributed by atoms with E-state index in [0.29, 0.717) is 6.54 Å². The molecular weight excluding hydrogens is 222 g/mol. The molecule has 2 rings (SSSR count). The van der Waals surface area contributed by atoms with Crippen LogP contribution in [0.3, 0.4) is 0 Å². The Hall–Kier alpha value is -0.770. The van der Waals surface area contributed by atoms with E-state index in [1.165, 1.54) is 0 Å². The summed E-state index contributed by atoms with van der Waals surface area (Å²) in [5.41, 5.74) is 6.98. The minimum absolute atomic E-state index is 0.0237. The van der Waals surface area contributed by atoms with Crippen LogP contribution in [0.15, 0.2) is 24.3 Å². The molecule has 4 heteroatoms. The van der Waals surface area contributed by atoms with E-state index in [2.05, 4.69) is 10.6 Å². The lowest BCUT2D eigenvalue weighted by atomic mass is 9.88. The lowest BCUT2D eigenvalue weighted by Crippen LogP contribution is -2.52. The van der Waals surface area contributed by atoms with Crippen LogP contribution in [-0.4, -0.2) is 25.2 Å². The number of benzene rings is 1. The number of halogens is 1. The fourth-order valence-electron chi connectivity index (χ4n) is 2.16. The van der Waals surface area contributed by atoms with Crippen molar-refractivity contribution in [3.8, 4) is 0 Å². The Morgan fingerprint density at radius 3 is 2.75 bits per heavy atom. The van der Waals surface area contributed by atoms with Crippen LogP contribution in [0.4, 0.5) is 5.69 Å². The van der Waals surface area contributed by atoms with E-state index >= 15 is 0 Å². The quantitative estimate of drug-likeness (QED) is 0.755. The molecule has 0 amide bonds. The number of hydrogen-bond donors (Lipinski definition) is 3. The third-order valence-electron chi connectivity index (χ3n) is 3.19. The number of rotatable bonds is 3. The topological polar surface area (TPSA) is 50.1 Å². The van der Waals surface area contributed by atoms with Gasteiger partial charge in [0.25, 0.3) is 0 Å². The zero-order valence-corrected chi connectivity index (χ0v) is 10.1. The van der Waals surface area contributed by atoms with Crippen molar-refractivity contribution in [2.75, 3.05) is 25.0 Å². The van der Waals surface area contributed by atoms with E-state index in [1.807, 2.05) is 24.3 Å². The molecule has 0 atom stereocenters. The molecule has 0 saturated carbocycles. The van der Waals surface area contributed by atoms with Crippen LogP contribution in [0.25, 0.3) is 0 Å². The summed E-state index contributed by atoms with van der Waals surface area (Å²) in [5, 5.41) is 7.64. The van der Waals surface area contributed by atoms with Gasteiger partial charge in [0.05, 0.1) is 5.54 Å². The maximum atomic E-state index is 5.97. The molecule has 0 bridgehead atoms. The van der Waals surface area contributed by atoms with Crippen molar-refractivity contribution in [3.05, 3.63) is 29.3 Å². The molecule has 1 aliphatic rings. The molecule has 0 unspecified atom stereocenters. The Morgan fingerprint density at radius 1 is 1.38 bits per heavy atom. The molecular formula is C12H18ClN3. The van der Waals surface area contributed by atoms with Gasteiger partial charge >= 0.3 is 0 Å². The van der Waals surface area contributed by atoms with Gasteiger partial charge < -0.3 is 16.4 Å². The molecule has 3 nitrogen and oxygen atoms in total. The summed E-state index contributed by atoms with van der Waals surface area (Å²) in [5.74, 6) is 0. The standard InChI is InChI=1S/C12H18ClN3/c13-10-2-1-3-11(8-10)16-12(9-14)4-6-15-7-5-12/h1-3,8,15-16H,4-7,9,14H2. The predicted octanol–water partition coefficient (Wildman–Crippen LogP) is 1.83. The fourth-order valence-corrected chi connectivity index (χ4v) is 2.35. The van der Waals surface area contributed by atoms with E-state index in [0.717, 1.165) is 36.6 Å². The van der Waals surface area contributed by atoms with Gasteiger partial charge in [-0.2, -0.15) is 0 Å². The van der Waals surface area contributed by atoms with Crippen molar-refractivity contribution in [2.24, 2.45) is 5.73 Å². The minimum atomic E-state index is 0.0237. The molecule has 1 aromatic rings. The highest BCUT2D eigenvalue weighted by Gasteiger charge is 2.30. The van der Waals surface area contributed by atoms with E-state index < -0.39 is 0 Å². The fraction of sp³-hybridized carbons (Fsp3) is 0.500. The van der Waals surface area contributed by atoms with Gasteiger partial charge in [0, 0.05) is 17.3 Å². The molecule has 1 saturated heterocycles. The molecule has 1 fully saturated rings. The number of anilines is 1. The molecule has 0 aliphatic carbocycles. The van der Waals surface area contributed by atoms with E-state index in [1.54, 1.807) is 0 Å². The molecule has 4 N–H and O–H groups in total. The highest BCUT2D eigenvalue weighted by molar-refractivity contribution is 6.30. The Balaban J connectivity index is 2.11. The van der Waals surface area contributed by atoms with Crippen molar-refractivity contribution in [3.63, 3.8) is 0 Å². The van der Waals surface area contributed by atoms with Gasteiger partial charge in [-0.15, -0.1) is 0 Å². The first kappa shape index (κ1) is 11.7. The van der Waals surface area contributed by atoms with Gasteiger partial charge in [0.1, 0.15) is 0 Å². The van der Waals surface area contributed by atoms with Crippen molar-refractivity contribution < 1.29 is 0 Å². The first-order valence-electron chi connectivity index (χ1n) is 5.69. The summed E-state index contributed by atoms with van der Waals surface area (Å²) < 4.78 is 0. The molecule has 1 aliphatic heterocycles. The van der Waals surface area contributed by atoms with Crippen molar-refractivity contribution in [2.45, 2.75) is 18.4 Å². The minimum Gasteiger partial charge on any atom is -0.378 e. The summed E-state index contributed by atoms with van der Waals surface area (Å²) in [4.78, 5) is 0. The van der Waals surface area contributed by atoms with Gasteiger partial charge in [-0.25, -0.2) is 0 Å². The monoisotopic (exact) mass is 239 g/mol. The normalized spacial score (nSPS) is 19.4. The molecule has 88 valence electrons. The zero-order chi connectivity index (χ0) is 11.4. The zero-order valence-electron chi connectivity index (χ0n) is 9.30. The lowest BCUT2D eigenvalue weighted by molar-refractivity contribution is 0.346. The summed E-state index contributed by atoms with van der Waals surface area (Å²) in [6, 6.07) is 7.81. The summed E-state index contributed by atoms with van der Waals surface area (Å²) in [7, 11) is 0. The van der Waals surface area contributed by atoms with Crippen LogP contribution in [0.2, 0.25) is 5.02 Å². The average molecular weight is 240 g/mol. The highest BCUT2D eigenvalue weighted by atomic mass is 35.5. The second kappa shape index (κ2) is 5.04. The van der Waals surface area contributed by atoms with Crippen LogP contribution < -0.4 is 16.4 Å². The average Bonchev–Trinajstić information content (AvgIpc) is 2.30. The second-order valence-corrected chi connectivity index (χ2v) is 4.81. The smallest absolute Gasteiger partial charge is 0.0519 e. The Labute approximate surface area is 101 Å². The van der Waals surface area contributed by atoms with Crippen molar-refractivity contribution in [1.82, 2.24) is 5.32 Å². The molecule has 16 heavy (non-hydrogen) atoms. The van der Waals surface area contributed by atoms with Gasteiger partial charge in [0.15, 0.2) is 0 Å². The first-order chi connectivity index (χ1) is 7.74. The number of hydrogen-bond acceptors (Lipinski definition) is 3. The highest BCUT2D eigenvalue weighted by Crippen LogP contribution is 2.24. The lowest BCUT2D eigenvalue weighted by Gasteiger charge is -2.38. The van der Waals surface area contributed by atoms with Gasteiger partial charge in [-0.1, -0.05) is 17.7 Å². The third kappa shape index (κ3) is 2.67. The molecule has 0 spiro atoms. The van der Waals surface area contributed by atoms with Crippen LogP contribution in [0.1, 0.15) is 12.8 Å². The van der Waals surface area contributed by atoms with Crippen molar-refractivity contribution >= 4 is 17.3 Å². The van der Waals surface area contributed by atoms with E-state index in [4.69, 9.17) is 17.3 Å². The Kier molecular flexibility index (Phi) is 3.69. The number of nitrogens with one attached hydrogen (secondary N) is 2. The Morgan fingerprint density at radius 2 is 2.12 bits per heavy atom. The largest absolute Gasteiger partial charge is 0.378 e. The van der Waals surface area contributed by atoms with E-state index in [-0.39, 0.29) is 5.54 Å². The maximum Gasteiger partial charge on any atom is 0.0519 e. The molecule has 0 aromatic heterocycles. The number of piperidine rings is 1. The third-order valence-corrected chi connectivity index (χ3v) is 3.42. The Bertz CT molecular complexity index is 348. The van der Waals surface area contributed by atoms with Crippen molar-refractivity contribution in [1.29, 1.82) is 0 Å². The maximum absolute atomic E-state index is 5.97. The predicted molar refractivity (Wildman–Crippen MR) is 69.0 cm³/mol.